The summed E-state index contributed by atoms with van der Waals surface area (Å²) in [5.74, 6) is -1.81. The number of carbonyl (C=O) groups is 1. The van der Waals surface area contributed by atoms with Gasteiger partial charge in [0.1, 0.15) is 17.4 Å². The minimum absolute atomic E-state index is 0.0300. The van der Waals surface area contributed by atoms with Gasteiger partial charge in [0.05, 0.1) is 14.5 Å². The molecule has 0 aliphatic heterocycles. The minimum Gasteiger partial charge on any atom is -0.299 e. The third-order valence-corrected chi connectivity index (χ3v) is 4.25. The lowest BCUT2D eigenvalue weighted by atomic mass is 10.0. The van der Waals surface area contributed by atoms with E-state index in [0.717, 1.165) is 6.07 Å². The van der Waals surface area contributed by atoms with E-state index in [1.165, 1.54) is 6.07 Å². The highest BCUT2D eigenvalue weighted by atomic mass is 79.9. The van der Waals surface area contributed by atoms with E-state index < -0.39 is 11.6 Å². The molecule has 0 radical (unpaired) electrons. The van der Waals surface area contributed by atoms with Crippen molar-refractivity contribution >= 4 is 44.9 Å². The minimum atomic E-state index is -0.752. The highest BCUT2D eigenvalue weighted by molar-refractivity contribution is 9.10. The molecule has 0 spiro atoms. The molecule has 0 saturated carbocycles. The molecular formula is C15H9BrCl2F2O. The smallest absolute Gasteiger partial charge is 0.143 e. The van der Waals surface area contributed by atoms with Crippen molar-refractivity contribution in [2.24, 2.45) is 0 Å². The standard InChI is InChI=1S/C15H9BrCl2F2O/c16-11-2-4-14(19)10(15(11)20)7-9(21)5-8-1-3-12(17)13(18)6-8/h1-4,6H,5,7H2. The second-order valence-electron chi connectivity index (χ2n) is 4.46. The van der Waals surface area contributed by atoms with Crippen LogP contribution in [0.5, 0.6) is 0 Å². The van der Waals surface area contributed by atoms with Crippen LogP contribution < -0.4 is 0 Å². The molecule has 21 heavy (non-hydrogen) atoms. The number of hydrogen-bond acceptors (Lipinski definition) is 1. The lowest BCUT2D eigenvalue weighted by Gasteiger charge is -2.07. The molecule has 0 saturated heterocycles. The maximum Gasteiger partial charge on any atom is 0.143 e. The molecule has 110 valence electrons. The predicted molar refractivity (Wildman–Crippen MR) is 82.9 cm³/mol. The zero-order valence-electron chi connectivity index (χ0n) is 10.6. The molecule has 0 aliphatic carbocycles. The van der Waals surface area contributed by atoms with Crippen molar-refractivity contribution in [2.75, 3.05) is 0 Å². The first kappa shape index (κ1) is 16.4. The first-order valence-corrected chi connectivity index (χ1v) is 7.51. The molecule has 0 atom stereocenters. The number of Topliss-reactive ketones (excluding diaryl/α,β-unsaturated/α-hetero) is 1. The van der Waals surface area contributed by atoms with Gasteiger partial charge in [-0.15, -0.1) is 0 Å². The molecule has 0 bridgehead atoms. The van der Waals surface area contributed by atoms with Crippen LogP contribution >= 0.6 is 39.1 Å². The normalized spacial score (nSPS) is 10.7. The number of ketones is 1. The van der Waals surface area contributed by atoms with Gasteiger partial charge in [0.2, 0.25) is 0 Å². The van der Waals surface area contributed by atoms with Crippen molar-refractivity contribution in [1.29, 1.82) is 0 Å². The Hall–Kier alpha value is -0.970. The van der Waals surface area contributed by atoms with E-state index in [1.807, 2.05) is 0 Å². The van der Waals surface area contributed by atoms with Gasteiger partial charge in [0.25, 0.3) is 0 Å². The van der Waals surface area contributed by atoms with Crippen molar-refractivity contribution in [3.8, 4) is 0 Å². The zero-order chi connectivity index (χ0) is 15.6. The topological polar surface area (TPSA) is 17.1 Å². The Morgan fingerprint density at radius 3 is 2.43 bits per heavy atom. The fourth-order valence-corrected chi connectivity index (χ4v) is 2.56. The fraction of sp³-hybridized carbons (Fsp3) is 0.133. The van der Waals surface area contributed by atoms with E-state index in [0.29, 0.717) is 15.6 Å². The number of halogens is 5. The lowest BCUT2D eigenvalue weighted by molar-refractivity contribution is -0.117. The Bertz CT molecular complexity index is 704. The van der Waals surface area contributed by atoms with Crippen LogP contribution in [0.25, 0.3) is 0 Å². The van der Waals surface area contributed by atoms with Gasteiger partial charge in [0, 0.05) is 18.4 Å². The summed E-state index contributed by atoms with van der Waals surface area (Å²) in [5, 5.41) is 0.721. The van der Waals surface area contributed by atoms with Crippen molar-refractivity contribution in [3.63, 3.8) is 0 Å². The maximum absolute atomic E-state index is 13.8. The third-order valence-electron chi connectivity index (χ3n) is 2.90. The molecule has 0 amide bonds. The van der Waals surface area contributed by atoms with Gasteiger partial charge in [-0.25, -0.2) is 8.78 Å². The van der Waals surface area contributed by atoms with E-state index >= 15 is 0 Å². The van der Waals surface area contributed by atoms with E-state index in [2.05, 4.69) is 15.9 Å². The molecule has 6 heteroatoms. The van der Waals surface area contributed by atoms with Crippen LogP contribution in [0.4, 0.5) is 8.78 Å². The summed E-state index contributed by atoms with van der Waals surface area (Å²) >= 11 is 14.6. The van der Waals surface area contributed by atoms with Crippen molar-refractivity contribution in [1.82, 2.24) is 0 Å². The van der Waals surface area contributed by atoms with Gasteiger partial charge in [-0.2, -0.15) is 0 Å². The van der Waals surface area contributed by atoms with E-state index in [1.54, 1.807) is 18.2 Å². The van der Waals surface area contributed by atoms with Gasteiger partial charge in [0.15, 0.2) is 0 Å². The molecule has 0 unspecified atom stereocenters. The first-order valence-electron chi connectivity index (χ1n) is 5.96. The quantitative estimate of drug-likeness (QED) is 0.636. The highest BCUT2D eigenvalue weighted by Gasteiger charge is 2.16. The molecule has 2 aromatic carbocycles. The van der Waals surface area contributed by atoms with Gasteiger partial charge < -0.3 is 0 Å². The Morgan fingerprint density at radius 2 is 1.76 bits per heavy atom. The van der Waals surface area contributed by atoms with Crippen molar-refractivity contribution in [2.45, 2.75) is 12.8 Å². The highest BCUT2D eigenvalue weighted by Crippen LogP contribution is 2.24. The Balaban J connectivity index is 2.15. The van der Waals surface area contributed by atoms with E-state index in [9.17, 15) is 13.6 Å². The van der Waals surface area contributed by atoms with Crippen molar-refractivity contribution in [3.05, 3.63) is 67.6 Å². The molecular weight excluding hydrogens is 385 g/mol. The summed E-state index contributed by atoms with van der Waals surface area (Å²) < 4.78 is 27.5. The van der Waals surface area contributed by atoms with Gasteiger partial charge >= 0.3 is 0 Å². The van der Waals surface area contributed by atoms with Crippen LogP contribution in [0.15, 0.2) is 34.8 Å². The van der Waals surface area contributed by atoms with Gasteiger partial charge in [-0.1, -0.05) is 29.3 Å². The first-order chi connectivity index (χ1) is 9.88. The Morgan fingerprint density at radius 1 is 1.05 bits per heavy atom. The van der Waals surface area contributed by atoms with E-state index in [-0.39, 0.29) is 28.7 Å². The molecule has 0 aliphatic rings. The third kappa shape index (κ3) is 4.02. The number of hydrogen-bond donors (Lipinski definition) is 0. The number of benzene rings is 2. The summed E-state index contributed by atoms with van der Waals surface area (Å²) in [6.45, 7) is 0. The molecule has 0 N–H and O–H groups in total. The summed E-state index contributed by atoms with van der Waals surface area (Å²) in [5.41, 5.74) is 0.402. The van der Waals surface area contributed by atoms with Crippen LogP contribution in [0.3, 0.4) is 0 Å². The predicted octanol–water partition coefficient (Wildman–Crippen LogP) is 5.39. The molecule has 0 aromatic heterocycles. The zero-order valence-corrected chi connectivity index (χ0v) is 13.7. The Labute approximate surface area is 139 Å². The Kier molecular flexibility index (Phi) is 5.36. The van der Waals surface area contributed by atoms with E-state index in [4.69, 9.17) is 23.2 Å². The summed E-state index contributed by atoms with van der Waals surface area (Å²) in [6.07, 6.45) is -0.292. The van der Waals surface area contributed by atoms with Crippen molar-refractivity contribution < 1.29 is 13.6 Å². The SMILES string of the molecule is O=C(Cc1ccc(Cl)c(Cl)c1)Cc1c(F)ccc(Br)c1F. The average molecular weight is 394 g/mol. The molecule has 0 heterocycles. The number of rotatable bonds is 4. The van der Waals surface area contributed by atoms with Gasteiger partial charge in [-0.05, 0) is 45.8 Å². The largest absolute Gasteiger partial charge is 0.299 e. The summed E-state index contributed by atoms with van der Waals surface area (Å²) in [7, 11) is 0. The van der Waals surface area contributed by atoms with Gasteiger partial charge in [-0.3, -0.25) is 4.79 Å². The van der Waals surface area contributed by atoms with Crippen LogP contribution in [-0.2, 0) is 17.6 Å². The van der Waals surface area contributed by atoms with Crippen LogP contribution in [0, 0.1) is 11.6 Å². The van der Waals surface area contributed by atoms with Crippen LogP contribution in [-0.4, -0.2) is 5.78 Å². The maximum atomic E-state index is 13.8. The molecule has 2 aromatic rings. The summed E-state index contributed by atoms with van der Waals surface area (Å²) in [4.78, 5) is 12.0. The monoisotopic (exact) mass is 392 g/mol. The van der Waals surface area contributed by atoms with Crippen LogP contribution in [0.1, 0.15) is 11.1 Å². The second kappa shape index (κ2) is 6.86. The second-order valence-corrected chi connectivity index (χ2v) is 6.13. The lowest BCUT2D eigenvalue weighted by Crippen LogP contribution is -2.10. The molecule has 0 fully saturated rings. The number of carbonyl (C=O) groups excluding carboxylic acids is 1. The fourth-order valence-electron chi connectivity index (χ4n) is 1.87. The van der Waals surface area contributed by atoms with Crippen LogP contribution in [0.2, 0.25) is 10.0 Å². The average Bonchev–Trinajstić information content (AvgIpc) is 2.43. The summed E-state index contributed by atoms with van der Waals surface area (Å²) in [6, 6.07) is 7.18. The molecule has 1 nitrogen and oxygen atoms in total. The molecule has 2 rings (SSSR count).